The van der Waals surface area contributed by atoms with Gasteiger partial charge >= 0.3 is 5.97 Å². The molecule has 2 rings (SSSR count). The van der Waals surface area contributed by atoms with Crippen LogP contribution < -0.4 is 5.73 Å². The Bertz CT molecular complexity index is 585. The number of nitrogens with two attached hydrogens (primary N) is 1. The van der Waals surface area contributed by atoms with E-state index in [2.05, 4.69) is 0 Å². The third kappa shape index (κ3) is 2.11. The molecule has 4 heteroatoms. The molecule has 0 fully saturated rings. The van der Waals surface area contributed by atoms with Gasteiger partial charge in [-0.3, -0.25) is 0 Å². The number of nitrogen functional groups attached to an aromatic ring is 1. The molecule has 0 saturated heterocycles. The van der Waals surface area contributed by atoms with Crippen LogP contribution in [0.3, 0.4) is 0 Å². The minimum Gasteiger partial charge on any atom is -0.465 e. The third-order valence-electron chi connectivity index (χ3n) is 2.88. The van der Waals surface area contributed by atoms with Crippen molar-refractivity contribution in [3.8, 4) is 10.4 Å². The number of methoxy groups -OCH3 is 1. The number of esters is 1. The van der Waals surface area contributed by atoms with Crippen molar-refractivity contribution in [3.63, 3.8) is 0 Å². The van der Waals surface area contributed by atoms with Gasteiger partial charge in [-0.1, -0.05) is 29.8 Å². The van der Waals surface area contributed by atoms with Crippen LogP contribution in [0, 0.1) is 13.8 Å². The zero-order valence-corrected chi connectivity index (χ0v) is 11.4. The topological polar surface area (TPSA) is 52.3 Å². The number of thiophene rings is 1. The summed E-state index contributed by atoms with van der Waals surface area (Å²) in [7, 11) is 1.36. The molecule has 2 N–H and O–H groups in total. The van der Waals surface area contributed by atoms with E-state index in [0.29, 0.717) is 10.6 Å². The maximum absolute atomic E-state index is 11.6. The quantitative estimate of drug-likeness (QED) is 0.843. The maximum atomic E-state index is 11.6. The van der Waals surface area contributed by atoms with Gasteiger partial charge in [-0.2, -0.15) is 0 Å². The Hall–Kier alpha value is -1.81. The van der Waals surface area contributed by atoms with Crippen LogP contribution in [-0.4, -0.2) is 13.1 Å². The molecular formula is C14H15NO2S. The third-order valence-corrected chi connectivity index (χ3v) is 4.21. The highest BCUT2D eigenvalue weighted by Gasteiger charge is 2.19. The zero-order chi connectivity index (χ0) is 13.3. The van der Waals surface area contributed by atoms with Crippen molar-refractivity contribution in [3.05, 3.63) is 40.3 Å². The highest BCUT2D eigenvalue weighted by molar-refractivity contribution is 7.18. The first-order valence-electron chi connectivity index (χ1n) is 5.58. The molecule has 1 heterocycles. The Kier molecular flexibility index (Phi) is 3.39. The number of carbonyl (C=O) groups is 1. The largest absolute Gasteiger partial charge is 0.465 e. The smallest absolute Gasteiger partial charge is 0.350 e. The average Bonchev–Trinajstić information content (AvgIpc) is 2.67. The fourth-order valence-corrected chi connectivity index (χ4v) is 2.90. The van der Waals surface area contributed by atoms with Gasteiger partial charge in [-0.15, -0.1) is 11.3 Å². The molecule has 1 aromatic carbocycles. The number of rotatable bonds is 2. The Morgan fingerprint density at radius 1 is 1.22 bits per heavy atom. The molecule has 18 heavy (non-hydrogen) atoms. The molecular weight excluding hydrogens is 246 g/mol. The molecule has 0 aliphatic heterocycles. The monoisotopic (exact) mass is 261 g/mol. The molecule has 1 aromatic heterocycles. The summed E-state index contributed by atoms with van der Waals surface area (Å²) in [6.45, 7) is 3.97. The molecule has 0 unspecified atom stereocenters. The van der Waals surface area contributed by atoms with Crippen LogP contribution in [0.15, 0.2) is 24.3 Å². The van der Waals surface area contributed by atoms with Gasteiger partial charge in [0.15, 0.2) is 0 Å². The lowest BCUT2D eigenvalue weighted by Gasteiger charge is -2.00. The van der Waals surface area contributed by atoms with Crippen LogP contribution in [0.1, 0.15) is 20.8 Å². The van der Waals surface area contributed by atoms with Crippen molar-refractivity contribution in [1.82, 2.24) is 0 Å². The lowest BCUT2D eigenvalue weighted by molar-refractivity contribution is 0.0607. The minimum absolute atomic E-state index is 0.376. The van der Waals surface area contributed by atoms with Crippen molar-refractivity contribution in [2.45, 2.75) is 13.8 Å². The van der Waals surface area contributed by atoms with Crippen molar-refractivity contribution in [2.75, 3.05) is 12.8 Å². The van der Waals surface area contributed by atoms with E-state index in [-0.39, 0.29) is 5.97 Å². The van der Waals surface area contributed by atoms with Crippen LogP contribution in [0.25, 0.3) is 10.4 Å². The highest BCUT2D eigenvalue weighted by atomic mass is 32.1. The second-order valence-corrected chi connectivity index (χ2v) is 5.18. The van der Waals surface area contributed by atoms with Gasteiger partial charge in [-0.25, -0.2) is 4.79 Å². The first kappa shape index (κ1) is 12.6. The SMILES string of the molecule is COC(=O)c1sc(-c2ccc(C)cc2)c(C)c1N. The number of aryl methyl sites for hydroxylation is 1. The first-order valence-corrected chi connectivity index (χ1v) is 6.40. The first-order chi connectivity index (χ1) is 8.54. The van der Waals surface area contributed by atoms with Gasteiger partial charge in [0, 0.05) is 4.88 Å². The minimum atomic E-state index is -0.376. The number of hydrogen-bond donors (Lipinski definition) is 1. The van der Waals surface area contributed by atoms with Crippen LogP contribution >= 0.6 is 11.3 Å². The standard InChI is InChI=1S/C14H15NO2S/c1-8-4-6-10(7-5-8)12-9(2)11(15)13(18-12)14(16)17-3/h4-7H,15H2,1-3H3. The number of benzene rings is 1. The Balaban J connectivity index is 2.52. The molecule has 0 bridgehead atoms. The van der Waals surface area contributed by atoms with E-state index >= 15 is 0 Å². The lowest BCUT2D eigenvalue weighted by atomic mass is 10.1. The van der Waals surface area contributed by atoms with E-state index in [9.17, 15) is 4.79 Å². The summed E-state index contributed by atoms with van der Waals surface area (Å²) in [5.41, 5.74) is 9.68. The molecule has 94 valence electrons. The second kappa shape index (κ2) is 4.82. The number of anilines is 1. The predicted molar refractivity (Wildman–Crippen MR) is 75.0 cm³/mol. The molecule has 0 amide bonds. The van der Waals surface area contributed by atoms with Crippen molar-refractivity contribution >= 4 is 23.0 Å². The molecule has 0 atom stereocenters. The number of ether oxygens (including phenoxy) is 1. The molecule has 0 saturated carbocycles. The highest BCUT2D eigenvalue weighted by Crippen LogP contribution is 2.38. The van der Waals surface area contributed by atoms with Crippen molar-refractivity contribution in [2.24, 2.45) is 0 Å². The average molecular weight is 261 g/mol. The normalized spacial score (nSPS) is 10.4. The van der Waals surface area contributed by atoms with E-state index < -0.39 is 0 Å². The van der Waals surface area contributed by atoms with Crippen LogP contribution in [0.2, 0.25) is 0 Å². The Morgan fingerprint density at radius 3 is 2.39 bits per heavy atom. The fourth-order valence-electron chi connectivity index (χ4n) is 1.75. The lowest BCUT2D eigenvalue weighted by Crippen LogP contribution is -2.01. The van der Waals surface area contributed by atoms with Gasteiger partial charge in [0.1, 0.15) is 4.88 Å². The molecule has 2 aromatic rings. The molecule has 0 radical (unpaired) electrons. The van der Waals surface area contributed by atoms with Gasteiger partial charge in [0.05, 0.1) is 12.8 Å². The Labute approximate surface area is 110 Å². The summed E-state index contributed by atoms with van der Waals surface area (Å²) >= 11 is 1.38. The summed E-state index contributed by atoms with van der Waals surface area (Å²) in [6.07, 6.45) is 0. The van der Waals surface area contributed by atoms with Gasteiger partial charge in [0.2, 0.25) is 0 Å². The second-order valence-electron chi connectivity index (χ2n) is 4.16. The maximum Gasteiger partial charge on any atom is 0.350 e. The number of carbonyl (C=O) groups excluding carboxylic acids is 1. The zero-order valence-electron chi connectivity index (χ0n) is 10.6. The fraction of sp³-hybridized carbons (Fsp3) is 0.214. The van der Waals surface area contributed by atoms with Crippen molar-refractivity contribution in [1.29, 1.82) is 0 Å². The van der Waals surface area contributed by atoms with E-state index in [1.807, 2.05) is 38.1 Å². The van der Waals surface area contributed by atoms with E-state index in [0.717, 1.165) is 16.0 Å². The summed E-state index contributed by atoms with van der Waals surface area (Å²) in [4.78, 5) is 13.1. The van der Waals surface area contributed by atoms with E-state index in [1.165, 1.54) is 24.0 Å². The van der Waals surface area contributed by atoms with E-state index in [1.54, 1.807) is 0 Å². The van der Waals surface area contributed by atoms with Crippen LogP contribution in [0.4, 0.5) is 5.69 Å². The van der Waals surface area contributed by atoms with Crippen LogP contribution in [0.5, 0.6) is 0 Å². The van der Waals surface area contributed by atoms with E-state index in [4.69, 9.17) is 10.5 Å². The van der Waals surface area contributed by atoms with Gasteiger partial charge in [0.25, 0.3) is 0 Å². The predicted octanol–water partition coefficient (Wildman–Crippen LogP) is 3.40. The Morgan fingerprint density at radius 2 is 1.83 bits per heavy atom. The molecule has 0 spiro atoms. The van der Waals surface area contributed by atoms with Crippen molar-refractivity contribution < 1.29 is 9.53 Å². The van der Waals surface area contributed by atoms with Gasteiger partial charge < -0.3 is 10.5 Å². The van der Waals surface area contributed by atoms with Crippen LogP contribution in [-0.2, 0) is 4.74 Å². The molecule has 0 aliphatic carbocycles. The molecule has 0 aliphatic rings. The van der Waals surface area contributed by atoms with Gasteiger partial charge in [-0.05, 0) is 25.0 Å². The summed E-state index contributed by atoms with van der Waals surface area (Å²) < 4.78 is 4.73. The number of hydrogen-bond acceptors (Lipinski definition) is 4. The summed E-state index contributed by atoms with van der Waals surface area (Å²) in [6, 6.07) is 8.16. The molecule has 3 nitrogen and oxygen atoms in total. The summed E-state index contributed by atoms with van der Waals surface area (Å²) in [5.74, 6) is -0.376. The summed E-state index contributed by atoms with van der Waals surface area (Å²) in [5, 5.41) is 0.